The Morgan fingerprint density at radius 2 is 1.68 bits per heavy atom. The zero-order valence-corrected chi connectivity index (χ0v) is 20.8. The molecule has 37 heavy (non-hydrogen) atoms. The molecule has 0 radical (unpaired) electrons. The molecule has 0 aliphatic heterocycles. The quantitative estimate of drug-likeness (QED) is 0.267. The number of hydrogen-bond acceptors (Lipinski definition) is 6. The first-order valence-corrected chi connectivity index (χ1v) is 12.7. The van der Waals surface area contributed by atoms with E-state index in [2.05, 4.69) is 29.0 Å². The third-order valence-electron chi connectivity index (χ3n) is 7.01. The van der Waals surface area contributed by atoms with Crippen LogP contribution in [0.2, 0.25) is 0 Å². The van der Waals surface area contributed by atoms with Gasteiger partial charge >= 0.3 is 0 Å². The van der Waals surface area contributed by atoms with E-state index >= 15 is 0 Å². The van der Waals surface area contributed by atoms with Crippen molar-refractivity contribution >= 4 is 16.9 Å². The second-order valence-electron chi connectivity index (χ2n) is 9.51. The maximum Gasteiger partial charge on any atom is 0.164 e. The van der Waals surface area contributed by atoms with E-state index in [0.717, 1.165) is 46.6 Å². The number of nitrogens with zero attached hydrogens (tertiary/aromatic N) is 4. The van der Waals surface area contributed by atoms with Gasteiger partial charge in [0.1, 0.15) is 41.7 Å². The summed E-state index contributed by atoms with van der Waals surface area (Å²) in [5, 5.41) is 5.76. The second-order valence-corrected chi connectivity index (χ2v) is 9.51. The SMILES string of the molecule is Cc1ccccc1COc1cccc(Oc2ccc(-c3nn(C4CCCC4)c4ncnc(N)c34)cc2)c1. The van der Waals surface area contributed by atoms with Gasteiger partial charge in [0.05, 0.1) is 11.4 Å². The van der Waals surface area contributed by atoms with Crippen LogP contribution >= 0.6 is 0 Å². The number of fused-ring (bicyclic) bond motifs is 1. The Bertz CT molecular complexity index is 1540. The predicted molar refractivity (Wildman–Crippen MR) is 145 cm³/mol. The zero-order valence-electron chi connectivity index (χ0n) is 20.8. The standard InChI is InChI=1S/C30H29N5O2/c1-20-7-2-3-8-22(20)18-36-25-11-6-12-26(17-25)37-24-15-13-21(14-16-24)28-27-29(31)32-19-33-30(27)35(34-28)23-9-4-5-10-23/h2-3,6-8,11-17,19,23H,4-5,9-10,18H2,1H3,(H2,31,32,33). The smallest absolute Gasteiger partial charge is 0.164 e. The minimum Gasteiger partial charge on any atom is -0.489 e. The highest BCUT2D eigenvalue weighted by atomic mass is 16.5. The van der Waals surface area contributed by atoms with Gasteiger partial charge in [0.15, 0.2) is 5.65 Å². The van der Waals surface area contributed by atoms with E-state index in [1.54, 1.807) is 0 Å². The fourth-order valence-electron chi connectivity index (χ4n) is 4.98. The van der Waals surface area contributed by atoms with Crippen molar-refractivity contribution in [3.63, 3.8) is 0 Å². The van der Waals surface area contributed by atoms with Crippen molar-refractivity contribution in [2.45, 2.75) is 45.3 Å². The second kappa shape index (κ2) is 9.93. The van der Waals surface area contributed by atoms with Crippen molar-refractivity contribution < 1.29 is 9.47 Å². The molecule has 0 spiro atoms. The Morgan fingerprint density at radius 1 is 0.892 bits per heavy atom. The number of ether oxygens (including phenoxy) is 2. The minimum atomic E-state index is 0.355. The van der Waals surface area contributed by atoms with E-state index in [9.17, 15) is 0 Å². The molecule has 2 N–H and O–H groups in total. The van der Waals surface area contributed by atoms with E-state index in [4.69, 9.17) is 20.3 Å². The summed E-state index contributed by atoms with van der Waals surface area (Å²) < 4.78 is 14.2. The van der Waals surface area contributed by atoms with E-state index < -0.39 is 0 Å². The van der Waals surface area contributed by atoms with Crippen LogP contribution in [0.5, 0.6) is 17.2 Å². The van der Waals surface area contributed by atoms with Crippen molar-refractivity contribution in [1.29, 1.82) is 0 Å². The Kier molecular flexibility index (Phi) is 6.18. The Morgan fingerprint density at radius 3 is 2.49 bits per heavy atom. The van der Waals surface area contributed by atoms with Gasteiger partial charge in [0, 0.05) is 11.6 Å². The number of benzene rings is 3. The minimum absolute atomic E-state index is 0.355. The maximum atomic E-state index is 6.28. The monoisotopic (exact) mass is 491 g/mol. The van der Waals surface area contributed by atoms with Gasteiger partial charge in [-0.2, -0.15) is 5.10 Å². The van der Waals surface area contributed by atoms with Crippen LogP contribution in [0.25, 0.3) is 22.3 Å². The molecule has 2 heterocycles. The van der Waals surface area contributed by atoms with Crippen molar-refractivity contribution in [1.82, 2.24) is 19.7 Å². The molecule has 6 rings (SSSR count). The normalized spacial score (nSPS) is 13.8. The van der Waals surface area contributed by atoms with Gasteiger partial charge < -0.3 is 15.2 Å². The maximum absolute atomic E-state index is 6.28. The first kappa shape index (κ1) is 23.0. The molecule has 1 fully saturated rings. The highest BCUT2D eigenvalue weighted by molar-refractivity contribution is 5.98. The third-order valence-corrected chi connectivity index (χ3v) is 7.01. The molecule has 7 nitrogen and oxygen atoms in total. The lowest BCUT2D eigenvalue weighted by atomic mass is 10.1. The van der Waals surface area contributed by atoms with Gasteiger partial charge in [0.2, 0.25) is 0 Å². The fraction of sp³-hybridized carbons (Fsp3) is 0.233. The van der Waals surface area contributed by atoms with Gasteiger partial charge in [-0.05, 0) is 67.3 Å². The number of aromatic nitrogens is 4. The van der Waals surface area contributed by atoms with E-state index in [1.807, 2.05) is 65.3 Å². The zero-order chi connectivity index (χ0) is 25.2. The molecule has 0 bridgehead atoms. The molecule has 0 atom stereocenters. The number of nitrogen functional groups attached to an aromatic ring is 1. The van der Waals surface area contributed by atoms with Gasteiger partial charge in [-0.25, -0.2) is 14.6 Å². The van der Waals surface area contributed by atoms with Gasteiger partial charge in [-0.1, -0.05) is 43.2 Å². The lowest BCUT2D eigenvalue weighted by Crippen LogP contribution is -2.07. The molecule has 186 valence electrons. The highest BCUT2D eigenvalue weighted by Crippen LogP contribution is 2.37. The lowest BCUT2D eigenvalue weighted by Gasteiger charge is -2.11. The summed E-state index contributed by atoms with van der Waals surface area (Å²) in [7, 11) is 0. The summed E-state index contributed by atoms with van der Waals surface area (Å²) >= 11 is 0. The van der Waals surface area contributed by atoms with Crippen LogP contribution in [0.3, 0.4) is 0 Å². The van der Waals surface area contributed by atoms with E-state index in [0.29, 0.717) is 24.2 Å². The number of anilines is 1. The molecule has 2 aromatic heterocycles. The van der Waals surface area contributed by atoms with Crippen LogP contribution in [0.15, 0.2) is 79.1 Å². The molecule has 1 aliphatic rings. The average Bonchev–Trinajstić information content (AvgIpc) is 3.58. The lowest BCUT2D eigenvalue weighted by molar-refractivity contribution is 0.304. The summed E-state index contributed by atoms with van der Waals surface area (Å²) in [4.78, 5) is 8.76. The van der Waals surface area contributed by atoms with Crippen molar-refractivity contribution in [2.24, 2.45) is 0 Å². The summed E-state index contributed by atoms with van der Waals surface area (Å²) in [5.74, 6) is 2.65. The first-order chi connectivity index (χ1) is 18.2. The van der Waals surface area contributed by atoms with Crippen LogP contribution in [0.4, 0.5) is 5.82 Å². The summed E-state index contributed by atoms with van der Waals surface area (Å²) in [6, 6.07) is 24.2. The fourth-order valence-corrected chi connectivity index (χ4v) is 4.98. The van der Waals surface area contributed by atoms with Crippen molar-refractivity contribution in [3.05, 3.63) is 90.3 Å². The molecule has 1 aliphatic carbocycles. The first-order valence-electron chi connectivity index (χ1n) is 12.7. The van der Waals surface area contributed by atoms with Gasteiger partial charge in [-0.15, -0.1) is 0 Å². The Hall–Kier alpha value is -4.39. The van der Waals surface area contributed by atoms with Crippen LogP contribution in [-0.2, 0) is 6.61 Å². The molecule has 3 aromatic carbocycles. The molecular weight excluding hydrogens is 462 g/mol. The van der Waals surface area contributed by atoms with E-state index in [1.165, 1.54) is 30.3 Å². The van der Waals surface area contributed by atoms with Gasteiger partial charge in [0.25, 0.3) is 0 Å². The van der Waals surface area contributed by atoms with Crippen LogP contribution in [-0.4, -0.2) is 19.7 Å². The Balaban J connectivity index is 1.21. The highest BCUT2D eigenvalue weighted by Gasteiger charge is 2.24. The third kappa shape index (κ3) is 4.72. The van der Waals surface area contributed by atoms with Crippen LogP contribution in [0, 0.1) is 6.92 Å². The number of aryl methyl sites for hydroxylation is 1. The van der Waals surface area contributed by atoms with Crippen LogP contribution < -0.4 is 15.2 Å². The topological polar surface area (TPSA) is 88.1 Å². The predicted octanol–water partition coefficient (Wildman–Crippen LogP) is 6.87. The van der Waals surface area contributed by atoms with E-state index in [-0.39, 0.29) is 0 Å². The number of rotatable bonds is 7. The molecule has 7 heteroatoms. The van der Waals surface area contributed by atoms with Crippen molar-refractivity contribution in [2.75, 3.05) is 5.73 Å². The summed E-state index contributed by atoms with van der Waals surface area (Å²) in [6.07, 6.45) is 6.17. The molecule has 0 unspecified atom stereocenters. The summed E-state index contributed by atoms with van der Waals surface area (Å²) in [6.45, 7) is 2.60. The number of hydrogen-bond donors (Lipinski definition) is 1. The molecular formula is C30H29N5O2. The summed E-state index contributed by atoms with van der Waals surface area (Å²) in [5.41, 5.74) is 11.2. The van der Waals surface area contributed by atoms with Crippen molar-refractivity contribution in [3.8, 4) is 28.5 Å². The molecule has 5 aromatic rings. The number of nitrogens with two attached hydrogens (primary N) is 1. The van der Waals surface area contributed by atoms with Gasteiger partial charge in [-0.3, -0.25) is 0 Å². The Labute approximate surface area is 215 Å². The molecule has 1 saturated carbocycles. The molecule has 0 saturated heterocycles. The average molecular weight is 492 g/mol. The largest absolute Gasteiger partial charge is 0.489 e. The molecule has 0 amide bonds. The van der Waals surface area contributed by atoms with Crippen LogP contribution in [0.1, 0.15) is 42.9 Å².